The van der Waals surface area contributed by atoms with E-state index in [4.69, 9.17) is 50.5 Å². The van der Waals surface area contributed by atoms with E-state index in [0.29, 0.717) is 0 Å². The zero-order valence-electron chi connectivity index (χ0n) is 28.4. The predicted octanol–water partition coefficient (Wildman–Crippen LogP) is 5.88. The van der Waals surface area contributed by atoms with Gasteiger partial charge in [0.15, 0.2) is 0 Å². The number of nitrogens with zero attached hydrogens (tertiary/aromatic N) is 4. The van der Waals surface area contributed by atoms with Gasteiger partial charge in [0.2, 0.25) is 0 Å². The molecule has 0 aromatic heterocycles. The van der Waals surface area contributed by atoms with E-state index in [-0.39, 0.29) is 68.5 Å². The number of rotatable bonds is 8. The van der Waals surface area contributed by atoms with Crippen LogP contribution in [0.5, 0.6) is 0 Å². The van der Waals surface area contributed by atoms with Crippen molar-refractivity contribution in [2.24, 2.45) is 0 Å². The minimum atomic E-state index is -6.00. The molecule has 0 spiro atoms. The zero-order valence-corrected chi connectivity index (χ0v) is 34.7. The monoisotopic (exact) mass is 896 g/mol. The fraction of sp³-hybridized carbons (Fsp3) is 1.00. The topological polar surface area (TPSA) is 13.0 Å². The van der Waals surface area contributed by atoms with Crippen LogP contribution in [0.4, 0.5) is 34.5 Å². The molecule has 0 unspecified atom stereocenters. The molecule has 0 atom stereocenters. The van der Waals surface area contributed by atoms with Crippen LogP contribution in [0.1, 0.15) is 68.2 Å². The molecule has 21 heteroatoms. The number of hydrogen-bond donors (Lipinski definition) is 0. The molecule has 2 heterocycles. The Morgan fingerprint density at radius 3 is 0.617 bits per heavy atom. The van der Waals surface area contributed by atoms with E-state index in [1.165, 1.54) is 39.0 Å². The summed E-state index contributed by atoms with van der Waals surface area (Å²) in [5, 5.41) is 0. The minimum Gasteiger partial charge on any atom is -0.785 e. The van der Waals surface area contributed by atoms with Crippen molar-refractivity contribution >= 4 is 65.0 Å². The van der Waals surface area contributed by atoms with Gasteiger partial charge in [0, 0.05) is 26.2 Å². The Balaban J connectivity index is -0.000000185. The molecule has 2 aliphatic rings. The Labute approximate surface area is 332 Å². The molecule has 2 aliphatic heterocycles. The standard InChI is InChI=1S/2C13H28N2S2.2BF4.3Ni/c2*1-12(2,16)10-14-6-5-7-15(9-8-14)11-13(3,4)17;2*2-1(3,4)5;;;/h2*16-17H,5-11H2,1-4H3;;;;;/q;;2*-1;3*+2/p-4. The maximum absolute atomic E-state index is 9.75. The Morgan fingerprint density at radius 2 is 0.511 bits per heavy atom. The van der Waals surface area contributed by atoms with Crippen molar-refractivity contribution in [1.29, 1.82) is 0 Å². The van der Waals surface area contributed by atoms with Crippen LogP contribution in [0.15, 0.2) is 0 Å². The van der Waals surface area contributed by atoms with E-state index in [1.54, 1.807) is 0 Å². The summed E-state index contributed by atoms with van der Waals surface area (Å²) >= 11 is 21.8. The molecule has 2 saturated heterocycles. The summed E-state index contributed by atoms with van der Waals surface area (Å²) in [6.45, 7) is 30.4. The molecular weight excluding hydrogens is 846 g/mol. The first kappa shape index (κ1) is 58.6. The molecule has 0 radical (unpaired) electrons. The third-order valence-corrected chi connectivity index (χ3v) is 6.30. The van der Waals surface area contributed by atoms with Gasteiger partial charge in [-0.2, -0.15) is 0 Å². The first-order valence-electron chi connectivity index (χ1n) is 14.8. The second kappa shape index (κ2) is 26.1. The first-order valence-corrected chi connectivity index (χ1v) is 16.4. The van der Waals surface area contributed by atoms with Gasteiger partial charge in [-0.15, -0.1) is 19.0 Å². The molecule has 2 rings (SSSR count). The second-order valence-corrected chi connectivity index (χ2v) is 18.3. The Bertz CT molecular complexity index is 651. The van der Waals surface area contributed by atoms with E-state index in [9.17, 15) is 34.5 Å². The van der Waals surface area contributed by atoms with Crippen LogP contribution >= 0.6 is 0 Å². The number of halogens is 8. The van der Waals surface area contributed by atoms with Crippen molar-refractivity contribution < 1.29 is 84.0 Å². The summed E-state index contributed by atoms with van der Waals surface area (Å²) in [6.07, 6.45) is 2.47. The molecule has 0 aromatic rings. The van der Waals surface area contributed by atoms with Gasteiger partial charge >= 0.3 is 64.0 Å². The van der Waals surface area contributed by atoms with Gasteiger partial charge in [0.1, 0.15) is 0 Å². The van der Waals surface area contributed by atoms with Crippen LogP contribution in [0, 0.1) is 0 Å². The molecule has 0 N–H and O–H groups in total. The molecule has 47 heavy (non-hydrogen) atoms. The molecule has 0 bridgehead atoms. The average Bonchev–Trinajstić information content (AvgIpc) is 3.02. The van der Waals surface area contributed by atoms with E-state index in [0.717, 1.165) is 52.4 Å². The van der Waals surface area contributed by atoms with Gasteiger partial charge in [-0.05, 0) is 65.2 Å². The maximum Gasteiger partial charge on any atom is 2.00 e. The van der Waals surface area contributed by atoms with Crippen molar-refractivity contribution in [2.75, 3.05) is 78.5 Å². The summed E-state index contributed by atoms with van der Waals surface area (Å²) in [7, 11) is -12.0. The molecule has 4 nitrogen and oxygen atoms in total. The SMILES string of the molecule is CC(C)([S-])CN1CCCN(CC(C)(C)[S-])CC1.CC(C)([S-])CN1CCCN(CC(C)(C)[S-])CC1.F[B-](F)(F)F.F[B-](F)(F)F.[Ni+2].[Ni+2].[Ni+2]. The minimum absolute atomic E-state index is 0. The molecule has 0 aromatic carbocycles. The number of hydrogen-bond acceptors (Lipinski definition) is 8. The van der Waals surface area contributed by atoms with Crippen molar-refractivity contribution in [3.8, 4) is 0 Å². The van der Waals surface area contributed by atoms with Crippen molar-refractivity contribution in [3.05, 3.63) is 0 Å². The molecular formula is C26H52B2F8N4Ni3S4. The van der Waals surface area contributed by atoms with Crippen molar-refractivity contribution in [2.45, 2.75) is 87.2 Å². The van der Waals surface area contributed by atoms with Gasteiger partial charge in [0.05, 0.1) is 0 Å². The quantitative estimate of drug-likeness (QED) is 0.168. The van der Waals surface area contributed by atoms with Crippen molar-refractivity contribution in [3.63, 3.8) is 0 Å². The van der Waals surface area contributed by atoms with E-state index in [1.807, 2.05) is 0 Å². The molecule has 2 fully saturated rings. The van der Waals surface area contributed by atoms with E-state index in [2.05, 4.69) is 75.0 Å². The predicted molar refractivity (Wildman–Crippen MR) is 181 cm³/mol. The van der Waals surface area contributed by atoms with Crippen LogP contribution in [0.2, 0.25) is 0 Å². The van der Waals surface area contributed by atoms with Gasteiger partial charge in [0.25, 0.3) is 0 Å². The van der Waals surface area contributed by atoms with Gasteiger partial charge in [-0.25, -0.2) is 0 Å². The summed E-state index contributed by atoms with van der Waals surface area (Å²) in [5.41, 5.74) is 0. The summed E-state index contributed by atoms with van der Waals surface area (Å²) in [5.74, 6) is 0. The summed E-state index contributed by atoms with van der Waals surface area (Å²) in [4.78, 5) is 10.0. The Morgan fingerprint density at radius 1 is 0.383 bits per heavy atom. The maximum atomic E-state index is 9.75. The van der Waals surface area contributed by atoms with Crippen LogP contribution in [0.3, 0.4) is 0 Å². The smallest absolute Gasteiger partial charge is 0.785 e. The zero-order chi connectivity index (χ0) is 35.2. The average molecular weight is 899 g/mol. The Hall–Kier alpha value is 2.29. The van der Waals surface area contributed by atoms with Crippen LogP contribution in [-0.4, -0.2) is 132 Å². The van der Waals surface area contributed by atoms with Gasteiger partial charge in [-0.1, -0.05) is 55.4 Å². The largest absolute Gasteiger partial charge is 2.00 e. The third-order valence-electron chi connectivity index (χ3n) is 5.78. The normalized spacial score (nSPS) is 18.1. The Kier molecular flexibility index (Phi) is 32.6. The van der Waals surface area contributed by atoms with Gasteiger partial charge in [-0.3, -0.25) is 0 Å². The first-order chi connectivity index (χ1) is 19.3. The third kappa shape index (κ3) is 52.8. The van der Waals surface area contributed by atoms with Crippen molar-refractivity contribution in [1.82, 2.24) is 19.6 Å². The van der Waals surface area contributed by atoms with Crippen LogP contribution in [-0.2, 0) is 100.0 Å². The van der Waals surface area contributed by atoms with Crippen LogP contribution < -0.4 is 0 Å². The van der Waals surface area contributed by atoms with Gasteiger partial charge < -0.3 is 105 Å². The van der Waals surface area contributed by atoms with E-state index >= 15 is 0 Å². The fourth-order valence-corrected chi connectivity index (χ4v) is 5.57. The summed E-state index contributed by atoms with van der Waals surface area (Å²) in [6, 6.07) is 0. The molecule has 0 saturated carbocycles. The summed E-state index contributed by atoms with van der Waals surface area (Å²) < 4.78 is 78.0. The van der Waals surface area contributed by atoms with Crippen LogP contribution in [0.25, 0.3) is 0 Å². The second-order valence-electron chi connectivity index (χ2n) is 13.8. The molecule has 0 aliphatic carbocycles. The molecule has 0 amide bonds. The fourth-order valence-electron chi connectivity index (χ4n) is 4.84. The van der Waals surface area contributed by atoms with E-state index < -0.39 is 14.5 Å². The molecule has 292 valence electrons.